The van der Waals surface area contributed by atoms with Gasteiger partial charge in [-0.1, -0.05) is 24.3 Å². The lowest BCUT2D eigenvalue weighted by molar-refractivity contribution is -0.123. The Morgan fingerprint density at radius 2 is 1.57 bits per heavy atom. The van der Waals surface area contributed by atoms with Gasteiger partial charge in [0, 0.05) is 0 Å². The van der Waals surface area contributed by atoms with Crippen LogP contribution in [0.2, 0.25) is 0 Å². The lowest BCUT2D eigenvalue weighted by Gasteiger charge is -2.21. The van der Waals surface area contributed by atoms with Crippen LogP contribution in [-0.2, 0) is 9.59 Å². The first kappa shape index (κ1) is 11.7. The van der Waals surface area contributed by atoms with Crippen LogP contribution < -0.4 is 4.90 Å². The number of rotatable bonds is 1. The van der Waals surface area contributed by atoms with Crippen molar-refractivity contribution in [3.8, 4) is 0 Å². The van der Waals surface area contributed by atoms with Crippen molar-refractivity contribution in [3.05, 3.63) is 42.2 Å². The van der Waals surface area contributed by atoms with Crippen LogP contribution in [0.5, 0.6) is 0 Å². The molecule has 1 heterocycles. The van der Waals surface area contributed by atoms with E-state index in [1.54, 1.807) is 12.1 Å². The number of halogens is 1. The van der Waals surface area contributed by atoms with Gasteiger partial charge < -0.3 is 0 Å². The standard InChI is InChI=1S/C17H14FNO2/c18-11-3-1-2-4-12(11)19-15(20)13-9-5-6-10(14(13)16(19)21)17(9)7-8-17/h1-6,9-10,13-14H,7-8H2. The maximum absolute atomic E-state index is 14.0. The molecule has 1 spiro atoms. The highest BCUT2D eigenvalue weighted by atomic mass is 19.1. The van der Waals surface area contributed by atoms with E-state index in [0.29, 0.717) is 0 Å². The third-order valence-electron chi connectivity index (χ3n) is 5.95. The molecular formula is C17H14FNO2. The van der Waals surface area contributed by atoms with Crippen LogP contribution in [0.1, 0.15) is 12.8 Å². The van der Waals surface area contributed by atoms with E-state index in [4.69, 9.17) is 0 Å². The Labute approximate surface area is 121 Å². The highest BCUT2D eigenvalue weighted by Gasteiger charge is 2.73. The number of hydrogen-bond donors (Lipinski definition) is 0. The summed E-state index contributed by atoms with van der Waals surface area (Å²) < 4.78 is 14.0. The number of anilines is 1. The van der Waals surface area contributed by atoms with E-state index >= 15 is 0 Å². The molecule has 5 rings (SSSR count). The van der Waals surface area contributed by atoms with Crippen molar-refractivity contribution >= 4 is 17.5 Å². The second-order valence-corrected chi connectivity index (χ2v) is 6.68. The minimum atomic E-state index is -0.513. The number of para-hydroxylation sites is 1. The molecule has 3 aliphatic carbocycles. The Kier molecular flexibility index (Phi) is 1.91. The smallest absolute Gasteiger partial charge is 0.238 e. The van der Waals surface area contributed by atoms with Crippen LogP contribution in [-0.4, -0.2) is 11.8 Å². The first-order valence-electron chi connectivity index (χ1n) is 7.46. The summed E-state index contributed by atoms with van der Waals surface area (Å²) in [6.45, 7) is 0. The number of amides is 2. The Morgan fingerprint density at radius 3 is 2.10 bits per heavy atom. The van der Waals surface area contributed by atoms with Gasteiger partial charge in [-0.05, 0) is 42.2 Å². The lowest BCUT2D eigenvalue weighted by Crippen LogP contribution is -2.35. The number of imide groups is 1. The van der Waals surface area contributed by atoms with E-state index in [0.717, 1.165) is 17.7 Å². The number of carbonyl (C=O) groups excluding carboxylic acids is 2. The predicted octanol–water partition coefficient (Wildman–Crippen LogP) is 2.53. The lowest BCUT2D eigenvalue weighted by atomic mass is 9.85. The third-order valence-corrected chi connectivity index (χ3v) is 5.95. The van der Waals surface area contributed by atoms with E-state index in [2.05, 4.69) is 12.2 Å². The summed E-state index contributed by atoms with van der Waals surface area (Å²) in [5, 5.41) is 0. The summed E-state index contributed by atoms with van der Waals surface area (Å²) in [7, 11) is 0. The molecule has 2 bridgehead atoms. The molecule has 0 radical (unpaired) electrons. The maximum atomic E-state index is 14.0. The SMILES string of the molecule is O=C1C2C(C(=O)N1c1ccccc1F)C1C=CC2C12CC2. The Hall–Kier alpha value is -1.97. The fourth-order valence-electron chi connectivity index (χ4n) is 4.95. The molecule has 2 saturated carbocycles. The normalized spacial score (nSPS) is 37.7. The van der Waals surface area contributed by atoms with E-state index in [1.165, 1.54) is 12.1 Å². The van der Waals surface area contributed by atoms with Crippen LogP contribution >= 0.6 is 0 Å². The van der Waals surface area contributed by atoms with Gasteiger partial charge in [-0.15, -0.1) is 0 Å². The van der Waals surface area contributed by atoms with Crippen molar-refractivity contribution in [1.29, 1.82) is 0 Å². The molecule has 1 aromatic rings. The van der Waals surface area contributed by atoms with E-state index < -0.39 is 5.82 Å². The van der Waals surface area contributed by atoms with Gasteiger partial charge in [0.2, 0.25) is 11.8 Å². The molecule has 1 aliphatic heterocycles. The molecule has 4 unspecified atom stereocenters. The Morgan fingerprint density at radius 1 is 1.00 bits per heavy atom. The highest BCUT2D eigenvalue weighted by Crippen LogP contribution is 2.73. The zero-order valence-electron chi connectivity index (χ0n) is 11.3. The molecule has 1 saturated heterocycles. The summed E-state index contributed by atoms with van der Waals surface area (Å²) in [4.78, 5) is 26.6. The first-order chi connectivity index (χ1) is 10.1. The number of carbonyl (C=O) groups is 2. The van der Waals surface area contributed by atoms with Crippen molar-refractivity contribution in [2.45, 2.75) is 12.8 Å². The zero-order chi connectivity index (χ0) is 14.4. The summed E-state index contributed by atoms with van der Waals surface area (Å²) in [5.74, 6) is -1.11. The number of benzene rings is 1. The summed E-state index contributed by atoms with van der Waals surface area (Å²) in [5.41, 5.74) is 0.285. The van der Waals surface area contributed by atoms with Crippen LogP contribution in [0.3, 0.4) is 0 Å². The van der Waals surface area contributed by atoms with Crippen LogP contribution in [0.15, 0.2) is 36.4 Å². The number of nitrogens with zero attached hydrogens (tertiary/aromatic N) is 1. The van der Waals surface area contributed by atoms with Crippen LogP contribution in [0.25, 0.3) is 0 Å². The van der Waals surface area contributed by atoms with Crippen molar-refractivity contribution in [3.63, 3.8) is 0 Å². The van der Waals surface area contributed by atoms with Gasteiger partial charge in [-0.25, -0.2) is 9.29 Å². The molecule has 0 aromatic heterocycles. The van der Waals surface area contributed by atoms with Gasteiger partial charge in [0.05, 0.1) is 17.5 Å². The zero-order valence-corrected chi connectivity index (χ0v) is 11.3. The molecule has 2 amide bonds. The minimum Gasteiger partial charge on any atom is -0.274 e. The molecule has 21 heavy (non-hydrogen) atoms. The van der Waals surface area contributed by atoms with Gasteiger partial charge in [0.1, 0.15) is 5.82 Å². The van der Waals surface area contributed by atoms with Gasteiger partial charge >= 0.3 is 0 Å². The quantitative estimate of drug-likeness (QED) is 0.586. The summed E-state index contributed by atoms with van der Waals surface area (Å²) in [6.07, 6.45) is 6.47. The second-order valence-electron chi connectivity index (χ2n) is 6.68. The molecule has 4 aliphatic rings. The fourth-order valence-corrected chi connectivity index (χ4v) is 4.95. The van der Waals surface area contributed by atoms with Crippen molar-refractivity contribution in [2.75, 3.05) is 4.90 Å². The van der Waals surface area contributed by atoms with E-state index in [1.807, 2.05) is 0 Å². The van der Waals surface area contributed by atoms with Gasteiger partial charge in [-0.3, -0.25) is 9.59 Å². The Bertz CT molecular complexity index is 687. The molecular weight excluding hydrogens is 269 g/mol. The highest BCUT2D eigenvalue weighted by molar-refractivity contribution is 6.23. The minimum absolute atomic E-state index is 0.103. The van der Waals surface area contributed by atoms with Gasteiger partial charge in [0.15, 0.2) is 0 Å². The van der Waals surface area contributed by atoms with E-state index in [-0.39, 0.29) is 46.6 Å². The largest absolute Gasteiger partial charge is 0.274 e. The number of hydrogen-bond acceptors (Lipinski definition) is 2. The first-order valence-corrected chi connectivity index (χ1v) is 7.46. The number of fused-ring (bicyclic) bond motifs is 3. The topological polar surface area (TPSA) is 37.4 Å². The van der Waals surface area contributed by atoms with Gasteiger partial charge in [-0.2, -0.15) is 0 Å². The van der Waals surface area contributed by atoms with E-state index in [9.17, 15) is 14.0 Å². The van der Waals surface area contributed by atoms with Crippen molar-refractivity contribution in [1.82, 2.24) is 0 Å². The Balaban J connectivity index is 1.61. The average Bonchev–Trinajstić information content (AvgIpc) is 3.07. The molecule has 1 aromatic carbocycles. The average molecular weight is 283 g/mol. The molecule has 106 valence electrons. The molecule has 3 nitrogen and oxygen atoms in total. The maximum Gasteiger partial charge on any atom is 0.238 e. The molecule has 4 heteroatoms. The fraction of sp³-hybridized carbons (Fsp3) is 0.412. The monoisotopic (exact) mass is 283 g/mol. The van der Waals surface area contributed by atoms with Crippen molar-refractivity contribution < 1.29 is 14.0 Å². The second kappa shape index (κ2) is 3.43. The van der Waals surface area contributed by atoms with Gasteiger partial charge in [0.25, 0.3) is 0 Å². The predicted molar refractivity (Wildman–Crippen MR) is 73.7 cm³/mol. The number of allylic oxidation sites excluding steroid dienone is 2. The molecule has 0 N–H and O–H groups in total. The third kappa shape index (κ3) is 1.17. The van der Waals surface area contributed by atoms with Crippen LogP contribution in [0.4, 0.5) is 10.1 Å². The molecule has 3 fully saturated rings. The van der Waals surface area contributed by atoms with Crippen LogP contribution in [0, 0.1) is 34.9 Å². The summed E-state index contributed by atoms with van der Waals surface area (Å²) in [6, 6.07) is 6.02. The molecule has 4 atom stereocenters. The summed E-state index contributed by atoms with van der Waals surface area (Å²) >= 11 is 0. The van der Waals surface area contributed by atoms with Crippen molar-refractivity contribution in [2.24, 2.45) is 29.1 Å².